The summed E-state index contributed by atoms with van der Waals surface area (Å²) in [5, 5.41) is 25.4. The minimum absolute atomic E-state index is 0.0404. The van der Waals surface area contributed by atoms with Crippen molar-refractivity contribution in [3.63, 3.8) is 0 Å². The maximum Gasteiger partial charge on any atom is 0.335 e. The number of rotatable bonds is 9. The lowest BCUT2D eigenvalue weighted by molar-refractivity contribution is -0.150. The van der Waals surface area contributed by atoms with Crippen molar-refractivity contribution in [2.24, 2.45) is 10.2 Å². The van der Waals surface area contributed by atoms with Crippen LogP contribution < -0.4 is 0 Å². The first kappa shape index (κ1) is 20.7. The predicted octanol–water partition coefficient (Wildman–Crippen LogP) is 2.74. The first-order valence-electron chi connectivity index (χ1n) is 7.52. The zero-order valence-electron chi connectivity index (χ0n) is 14.2. The number of carboxylic acids is 2. The lowest BCUT2D eigenvalue weighted by Crippen LogP contribution is -2.17. The molecule has 1 aromatic rings. The van der Waals surface area contributed by atoms with Crippen molar-refractivity contribution >= 4 is 29.4 Å². The molecule has 0 saturated carbocycles. The number of aromatic carboxylic acids is 1. The molecule has 26 heavy (non-hydrogen) atoms. The Labute approximate surface area is 149 Å². The third kappa shape index (κ3) is 7.47. The van der Waals surface area contributed by atoms with Gasteiger partial charge in [0.1, 0.15) is 12.2 Å². The largest absolute Gasteiger partial charge is 0.478 e. The molecule has 0 aliphatic carbocycles. The van der Waals surface area contributed by atoms with Crippen molar-refractivity contribution in [2.75, 3.05) is 0 Å². The fourth-order valence-corrected chi connectivity index (χ4v) is 1.68. The van der Waals surface area contributed by atoms with Gasteiger partial charge < -0.3 is 14.9 Å². The zero-order valence-corrected chi connectivity index (χ0v) is 14.2. The maximum absolute atomic E-state index is 11.6. The number of ketones is 1. The Hall–Kier alpha value is -3.36. The van der Waals surface area contributed by atoms with E-state index in [9.17, 15) is 19.2 Å². The SMILES string of the molecule is CC(=O)CC(=O)OC(CC=C(C)C(=O)O)N=Nc1ccc(C(=O)O)cc1. The molecule has 0 aromatic heterocycles. The Balaban J connectivity index is 2.90. The molecule has 0 radical (unpaired) electrons. The minimum atomic E-state index is -1.12. The number of esters is 1. The van der Waals surface area contributed by atoms with Gasteiger partial charge >= 0.3 is 17.9 Å². The lowest BCUT2D eigenvalue weighted by Gasteiger charge is -2.10. The Morgan fingerprint density at radius 1 is 1.12 bits per heavy atom. The molecule has 1 aromatic carbocycles. The number of azo groups is 1. The first-order valence-corrected chi connectivity index (χ1v) is 7.52. The number of ether oxygens (including phenoxy) is 1. The Kier molecular flexibility index (Phi) is 7.81. The molecule has 0 heterocycles. The maximum atomic E-state index is 11.6. The lowest BCUT2D eigenvalue weighted by atomic mass is 10.2. The number of carboxylic acid groups (broad SMARTS) is 2. The van der Waals surface area contributed by atoms with Crippen LogP contribution in [0.1, 0.15) is 37.0 Å². The molecule has 1 atom stereocenters. The number of carbonyl (C=O) groups is 4. The first-order chi connectivity index (χ1) is 12.2. The summed E-state index contributed by atoms with van der Waals surface area (Å²) < 4.78 is 5.02. The van der Waals surface area contributed by atoms with E-state index in [0.29, 0.717) is 5.69 Å². The number of nitrogens with zero attached hydrogens (tertiary/aromatic N) is 2. The summed E-state index contributed by atoms with van der Waals surface area (Å²) in [6.45, 7) is 2.61. The second-order valence-electron chi connectivity index (χ2n) is 5.32. The highest BCUT2D eigenvalue weighted by Crippen LogP contribution is 2.16. The van der Waals surface area contributed by atoms with Gasteiger partial charge in [0.05, 0.1) is 11.3 Å². The van der Waals surface area contributed by atoms with E-state index in [1.54, 1.807) is 0 Å². The molecule has 9 heteroatoms. The molecule has 138 valence electrons. The smallest absolute Gasteiger partial charge is 0.335 e. The van der Waals surface area contributed by atoms with Crippen LogP contribution in [0, 0.1) is 0 Å². The van der Waals surface area contributed by atoms with Crippen molar-refractivity contribution < 1.29 is 34.1 Å². The summed E-state index contributed by atoms with van der Waals surface area (Å²) >= 11 is 0. The van der Waals surface area contributed by atoms with E-state index in [1.807, 2.05) is 0 Å². The number of carbonyl (C=O) groups excluding carboxylic acids is 2. The summed E-state index contributed by atoms with van der Waals surface area (Å²) in [6, 6.07) is 5.50. The van der Waals surface area contributed by atoms with Crippen LogP contribution in [-0.2, 0) is 19.1 Å². The van der Waals surface area contributed by atoms with Crippen molar-refractivity contribution in [1.29, 1.82) is 0 Å². The van der Waals surface area contributed by atoms with Crippen LogP contribution in [0.4, 0.5) is 5.69 Å². The van der Waals surface area contributed by atoms with E-state index in [0.717, 1.165) is 0 Å². The van der Waals surface area contributed by atoms with Crippen LogP contribution in [-0.4, -0.2) is 40.1 Å². The zero-order chi connectivity index (χ0) is 19.7. The summed E-state index contributed by atoms with van der Waals surface area (Å²) in [5.74, 6) is -3.39. The van der Waals surface area contributed by atoms with Crippen molar-refractivity contribution in [3.05, 3.63) is 41.5 Å². The molecule has 2 N–H and O–H groups in total. The third-order valence-electron chi connectivity index (χ3n) is 3.04. The fraction of sp³-hybridized carbons (Fsp3) is 0.294. The van der Waals surface area contributed by atoms with Gasteiger partial charge in [-0.15, -0.1) is 5.11 Å². The van der Waals surface area contributed by atoms with E-state index in [2.05, 4.69) is 10.2 Å². The Bertz CT molecular complexity index is 751. The van der Waals surface area contributed by atoms with Gasteiger partial charge in [-0.3, -0.25) is 9.59 Å². The Morgan fingerprint density at radius 2 is 1.73 bits per heavy atom. The van der Waals surface area contributed by atoms with E-state index in [4.69, 9.17) is 14.9 Å². The normalized spacial score (nSPS) is 12.6. The van der Waals surface area contributed by atoms with Gasteiger partial charge in [-0.05, 0) is 38.1 Å². The average molecular weight is 362 g/mol. The van der Waals surface area contributed by atoms with Gasteiger partial charge in [0.2, 0.25) is 6.23 Å². The van der Waals surface area contributed by atoms with Crippen LogP contribution >= 0.6 is 0 Å². The highest BCUT2D eigenvalue weighted by Gasteiger charge is 2.15. The standard InChI is InChI=1S/C17H18N2O7/c1-10(16(22)23)3-8-14(26-15(21)9-11(2)20)19-18-13-6-4-12(5-7-13)17(24)25/h3-7,14H,8-9H2,1-2H3,(H,22,23)(H,24,25). The van der Waals surface area contributed by atoms with Gasteiger partial charge in [0.25, 0.3) is 0 Å². The third-order valence-corrected chi connectivity index (χ3v) is 3.04. The second kappa shape index (κ2) is 9.82. The molecular weight excluding hydrogens is 344 g/mol. The molecule has 0 amide bonds. The van der Waals surface area contributed by atoms with Gasteiger partial charge in [0, 0.05) is 12.0 Å². The summed E-state index contributed by atoms with van der Waals surface area (Å²) in [7, 11) is 0. The van der Waals surface area contributed by atoms with Gasteiger partial charge in [0.15, 0.2) is 0 Å². The number of hydrogen-bond donors (Lipinski definition) is 2. The molecular formula is C17H18N2O7. The van der Waals surface area contributed by atoms with Crippen LogP contribution in [0.5, 0.6) is 0 Å². The van der Waals surface area contributed by atoms with Crippen molar-refractivity contribution in [1.82, 2.24) is 0 Å². The van der Waals surface area contributed by atoms with Crippen LogP contribution in [0.3, 0.4) is 0 Å². The van der Waals surface area contributed by atoms with Crippen molar-refractivity contribution in [3.8, 4) is 0 Å². The highest BCUT2D eigenvalue weighted by atomic mass is 16.6. The molecule has 0 aliphatic rings. The van der Waals surface area contributed by atoms with Gasteiger partial charge in [-0.25, -0.2) is 9.59 Å². The van der Waals surface area contributed by atoms with Crippen LogP contribution in [0.15, 0.2) is 46.1 Å². The minimum Gasteiger partial charge on any atom is -0.478 e. The van der Waals surface area contributed by atoms with E-state index in [1.165, 1.54) is 44.2 Å². The molecule has 1 rings (SSSR count). The number of aliphatic carboxylic acids is 1. The number of Topliss-reactive ketones (excluding diaryl/α,β-unsaturated/α-hetero) is 1. The van der Waals surface area contributed by atoms with Crippen molar-refractivity contribution in [2.45, 2.75) is 32.9 Å². The molecule has 0 saturated heterocycles. The second-order valence-corrected chi connectivity index (χ2v) is 5.32. The van der Waals surface area contributed by atoms with Gasteiger partial charge in [-0.1, -0.05) is 6.08 Å². The average Bonchev–Trinajstić information content (AvgIpc) is 2.56. The van der Waals surface area contributed by atoms with Crippen LogP contribution in [0.2, 0.25) is 0 Å². The van der Waals surface area contributed by atoms with Gasteiger partial charge in [-0.2, -0.15) is 5.11 Å². The molecule has 0 aliphatic heterocycles. The summed E-state index contributed by atoms with van der Waals surface area (Å²) in [4.78, 5) is 44.2. The van der Waals surface area contributed by atoms with E-state index >= 15 is 0 Å². The molecule has 0 bridgehead atoms. The quantitative estimate of drug-likeness (QED) is 0.297. The highest BCUT2D eigenvalue weighted by molar-refractivity contribution is 5.94. The molecule has 1 unspecified atom stereocenters. The van der Waals surface area contributed by atoms with E-state index < -0.39 is 30.6 Å². The summed E-state index contributed by atoms with van der Waals surface area (Å²) in [5.41, 5.74) is 0.439. The monoisotopic (exact) mass is 362 g/mol. The number of hydrogen-bond acceptors (Lipinski definition) is 7. The Morgan fingerprint density at radius 3 is 2.23 bits per heavy atom. The fourth-order valence-electron chi connectivity index (χ4n) is 1.68. The summed E-state index contributed by atoms with van der Waals surface area (Å²) in [6.07, 6.45) is -0.268. The topological polar surface area (TPSA) is 143 Å². The molecule has 0 fully saturated rings. The molecule has 0 spiro atoms. The van der Waals surface area contributed by atoms with Crippen LogP contribution in [0.25, 0.3) is 0 Å². The van der Waals surface area contributed by atoms with E-state index in [-0.39, 0.29) is 23.3 Å². The number of benzene rings is 1. The molecule has 9 nitrogen and oxygen atoms in total. The predicted molar refractivity (Wildman–Crippen MR) is 89.1 cm³/mol.